The highest BCUT2D eigenvalue weighted by molar-refractivity contribution is 5.96. The predicted octanol–water partition coefficient (Wildman–Crippen LogP) is 0.00500. The van der Waals surface area contributed by atoms with Crippen LogP contribution in [0.25, 0.3) is 0 Å². The van der Waals surface area contributed by atoms with Gasteiger partial charge in [-0.05, 0) is 0 Å². The van der Waals surface area contributed by atoms with Crippen molar-refractivity contribution in [3.05, 3.63) is 11.4 Å². The molecule has 1 heterocycles. The molecule has 0 aliphatic heterocycles. The summed E-state index contributed by atoms with van der Waals surface area (Å²) in [5.74, 6) is -2.51. The first kappa shape index (κ1) is 13.7. The van der Waals surface area contributed by atoms with E-state index in [0.29, 0.717) is 0 Å². The first-order valence-electron chi connectivity index (χ1n) is 4.99. The molecule has 98 valence electrons. The zero-order valence-corrected chi connectivity index (χ0v) is 10.5. The summed E-state index contributed by atoms with van der Waals surface area (Å²) in [6.45, 7) is 0. The van der Waals surface area contributed by atoms with Gasteiger partial charge in [-0.3, -0.25) is 0 Å². The smallest absolute Gasteiger partial charge is 0.358 e. The zero-order chi connectivity index (χ0) is 14.0. The molecule has 8 heteroatoms. The molecule has 0 aliphatic carbocycles. The highest BCUT2D eigenvalue weighted by Gasteiger charge is 2.24. The van der Waals surface area contributed by atoms with Crippen molar-refractivity contribution in [3.8, 4) is 0 Å². The molecular formula is C10H14N4O4. The summed E-state index contributed by atoms with van der Waals surface area (Å²) in [5, 5.41) is 18.1. The fourth-order valence-electron chi connectivity index (χ4n) is 1.33. The van der Waals surface area contributed by atoms with Crippen LogP contribution >= 0.6 is 0 Å². The maximum atomic E-state index is 11.1. The SMILES string of the molecule is CN(C)c1nc(C(=O)O)c(N(C)C)nc1C(=O)O. The lowest BCUT2D eigenvalue weighted by Crippen LogP contribution is -2.24. The van der Waals surface area contributed by atoms with E-state index in [9.17, 15) is 9.59 Å². The molecule has 1 aromatic rings. The lowest BCUT2D eigenvalue weighted by atomic mass is 10.3. The number of rotatable bonds is 4. The summed E-state index contributed by atoms with van der Waals surface area (Å²) in [6, 6.07) is 0. The summed E-state index contributed by atoms with van der Waals surface area (Å²) in [4.78, 5) is 32.7. The van der Waals surface area contributed by atoms with E-state index >= 15 is 0 Å². The average Bonchev–Trinajstić information content (AvgIpc) is 2.26. The maximum Gasteiger partial charge on any atom is 0.358 e. The minimum Gasteiger partial charge on any atom is -0.476 e. The monoisotopic (exact) mass is 254 g/mol. The fourth-order valence-corrected chi connectivity index (χ4v) is 1.33. The number of anilines is 2. The van der Waals surface area contributed by atoms with Gasteiger partial charge in [0.15, 0.2) is 23.0 Å². The number of carboxylic acids is 2. The third-order valence-corrected chi connectivity index (χ3v) is 2.11. The molecule has 8 nitrogen and oxygen atoms in total. The molecule has 0 saturated carbocycles. The van der Waals surface area contributed by atoms with Crippen molar-refractivity contribution < 1.29 is 19.8 Å². The van der Waals surface area contributed by atoms with E-state index in [1.54, 1.807) is 28.2 Å². The van der Waals surface area contributed by atoms with Gasteiger partial charge in [-0.1, -0.05) is 0 Å². The van der Waals surface area contributed by atoms with Crippen molar-refractivity contribution in [3.63, 3.8) is 0 Å². The summed E-state index contributed by atoms with van der Waals surface area (Å²) in [6.07, 6.45) is 0. The fraction of sp³-hybridized carbons (Fsp3) is 0.400. The van der Waals surface area contributed by atoms with Gasteiger partial charge < -0.3 is 20.0 Å². The van der Waals surface area contributed by atoms with Crippen LogP contribution in [-0.2, 0) is 0 Å². The molecule has 1 aromatic heterocycles. The van der Waals surface area contributed by atoms with Crippen LogP contribution in [0, 0.1) is 0 Å². The van der Waals surface area contributed by atoms with Gasteiger partial charge in [0, 0.05) is 28.2 Å². The van der Waals surface area contributed by atoms with Crippen molar-refractivity contribution in [2.45, 2.75) is 0 Å². The van der Waals surface area contributed by atoms with E-state index in [2.05, 4.69) is 9.97 Å². The topological polar surface area (TPSA) is 107 Å². The highest BCUT2D eigenvalue weighted by atomic mass is 16.4. The Kier molecular flexibility index (Phi) is 3.70. The minimum absolute atomic E-state index is 0.00509. The molecule has 1 rings (SSSR count). The third kappa shape index (κ3) is 2.47. The number of nitrogens with zero attached hydrogens (tertiary/aromatic N) is 4. The van der Waals surface area contributed by atoms with Crippen molar-refractivity contribution in [1.82, 2.24) is 9.97 Å². The highest BCUT2D eigenvalue weighted by Crippen LogP contribution is 2.21. The van der Waals surface area contributed by atoms with Crippen molar-refractivity contribution >= 4 is 23.6 Å². The molecule has 0 amide bonds. The van der Waals surface area contributed by atoms with Crippen LogP contribution in [0.3, 0.4) is 0 Å². The van der Waals surface area contributed by atoms with Gasteiger partial charge in [0.1, 0.15) is 0 Å². The van der Waals surface area contributed by atoms with E-state index in [0.717, 1.165) is 0 Å². The van der Waals surface area contributed by atoms with Crippen molar-refractivity contribution in [1.29, 1.82) is 0 Å². The number of carbonyl (C=O) groups is 2. The van der Waals surface area contributed by atoms with Crippen molar-refractivity contribution in [2.24, 2.45) is 0 Å². The van der Waals surface area contributed by atoms with Gasteiger partial charge in [-0.25, -0.2) is 19.6 Å². The Hall–Kier alpha value is -2.38. The molecule has 18 heavy (non-hydrogen) atoms. The maximum absolute atomic E-state index is 11.1. The van der Waals surface area contributed by atoms with Gasteiger partial charge in [0.2, 0.25) is 0 Å². The first-order chi connectivity index (χ1) is 8.25. The zero-order valence-electron chi connectivity index (χ0n) is 10.5. The van der Waals surface area contributed by atoms with Crippen LogP contribution in [-0.4, -0.2) is 60.3 Å². The molecule has 0 fully saturated rings. The lowest BCUT2D eigenvalue weighted by molar-refractivity contribution is 0.0672. The minimum atomic E-state index is -1.26. The molecule has 0 bridgehead atoms. The predicted molar refractivity (Wildman–Crippen MR) is 64.6 cm³/mol. The Balaban J connectivity index is 3.60. The Morgan fingerprint density at radius 1 is 0.833 bits per heavy atom. The number of carboxylic acid groups (broad SMARTS) is 2. The first-order valence-corrected chi connectivity index (χ1v) is 4.99. The van der Waals surface area contributed by atoms with Crippen LogP contribution in [0.15, 0.2) is 0 Å². The number of hydrogen-bond acceptors (Lipinski definition) is 6. The van der Waals surface area contributed by atoms with Crippen LogP contribution in [0.4, 0.5) is 11.6 Å². The summed E-state index contributed by atoms with van der Waals surface area (Å²) in [5.41, 5.74) is -0.567. The van der Waals surface area contributed by atoms with Crippen LogP contribution in [0.5, 0.6) is 0 Å². The van der Waals surface area contributed by atoms with E-state index in [-0.39, 0.29) is 23.0 Å². The number of aromatic nitrogens is 2. The Bertz CT molecular complexity index is 453. The second-order valence-corrected chi connectivity index (χ2v) is 3.97. The summed E-state index contributed by atoms with van der Waals surface area (Å²) < 4.78 is 0. The van der Waals surface area contributed by atoms with Crippen LogP contribution in [0.1, 0.15) is 21.0 Å². The van der Waals surface area contributed by atoms with E-state index in [1.807, 2.05) is 0 Å². The largest absolute Gasteiger partial charge is 0.476 e. The second-order valence-electron chi connectivity index (χ2n) is 3.97. The van der Waals surface area contributed by atoms with Gasteiger partial charge in [0.25, 0.3) is 0 Å². The molecule has 0 aromatic carbocycles. The van der Waals surface area contributed by atoms with E-state index in [1.165, 1.54) is 9.80 Å². The summed E-state index contributed by atoms with van der Waals surface area (Å²) in [7, 11) is 6.27. The molecule has 0 aliphatic rings. The van der Waals surface area contributed by atoms with Crippen LogP contribution < -0.4 is 9.80 Å². The molecular weight excluding hydrogens is 240 g/mol. The van der Waals surface area contributed by atoms with Gasteiger partial charge in [-0.15, -0.1) is 0 Å². The Morgan fingerprint density at radius 2 is 1.11 bits per heavy atom. The lowest BCUT2D eigenvalue weighted by Gasteiger charge is -2.19. The molecule has 2 N–H and O–H groups in total. The van der Waals surface area contributed by atoms with E-state index in [4.69, 9.17) is 10.2 Å². The number of aromatic carboxylic acids is 2. The van der Waals surface area contributed by atoms with Crippen LogP contribution in [0.2, 0.25) is 0 Å². The van der Waals surface area contributed by atoms with Gasteiger partial charge >= 0.3 is 11.9 Å². The molecule has 0 spiro atoms. The summed E-state index contributed by atoms with van der Waals surface area (Å²) >= 11 is 0. The standard InChI is InChI=1S/C10H14N4O4/c1-13(2)7-5(9(15)16)12-8(14(3)4)6(11-7)10(17)18/h1-4H3,(H,15,16)(H,17,18). The Labute approximate surface area is 103 Å². The molecule has 0 unspecified atom stereocenters. The second kappa shape index (κ2) is 4.86. The Morgan fingerprint density at radius 3 is 1.28 bits per heavy atom. The normalized spacial score (nSPS) is 10.0. The molecule has 0 radical (unpaired) electrons. The van der Waals surface area contributed by atoms with Gasteiger partial charge in [0.05, 0.1) is 0 Å². The quantitative estimate of drug-likeness (QED) is 0.773. The van der Waals surface area contributed by atoms with Crippen molar-refractivity contribution in [2.75, 3.05) is 38.0 Å². The molecule has 0 atom stereocenters. The van der Waals surface area contributed by atoms with Gasteiger partial charge in [-0.2, -0.15) is 0 Å². The molecule has 0 saturated heterocycles. The third-order valence-electron chi connectivity index (χ3n) is 2.11. The van der Waals surface area contributed by atoms with E-state index < -0.39 is 11.9 Å². The average molecular weight is 254 g/mol. The number of hydrogen-bond donors (Lipinski definition) is 2.